The van der Waals surface area contributed by atoms with E-state index in [4.69, 9.17) is 4.74 Å². The first-order valence-electron chi connectivity index (χ1n) is 5.37. The van der Waals surface area contributed by atoms with Gasteiger partial charge in [0.15, 0.2) is 0 Å². The van der Waals surface area contributed by atoms with E-state index in [-0.39, 0.29) is 11.9 Å². The third-order valence-electron chi connectivity index (χ3n) is 2.70. The van der Waals surface area contributed by atoms with Crippen molar-refractivity contribution in [3.8, 4) is 0 Å². The van der Waals surface area contributed by atoms with Crippen molar-refractivity contribution in [2.45, 2.75) is 26.2 Å². The Hall–Kier alpha value is -0.830. The predicted octanol–water partition coefficient (Wildman–Crippen LogP) is 3.75. The molecule has 3 heteroatoms. The van der Waals surface area contributed by atoms with Crippen molar-refractivity contribution >= 4 is 21.9 Å². The number of esters is 1. The monoisotopic (exact) mass is 284 g/mol. The molecule has 1 aromatic carbocycles. The number of carbonyl (C=O) groups is 1. The number of carbonyl (C=O) groups excluding carboxylic acids is 1. The second kappa shape index (κ2) is 6.04. The number of halogens is 1. The molecule has 0 aromatic heterocycles. The minimum Gasteiger partial charge on any atom is -0.469 e. The Labute approximate surface area is 105 Å². The smallest absolute Gasteiger partial charge is 0.306 e. The molecule has 0 N–H and O–H groups in total. The molecule has 88 valence electrons. The minimum absolute atomic E-state index is 0.154. The van der Waals surface area contributed by atoms with E-state index in [1.807, 2.05) is 12.1 Å². The Bertz CT molecular complexity index is 361. The summed E-state index contributed by atoms with van der Waals surface area (Å²) < 4.78 is 5.77. The molecular weight excluding hydrogens is 268 g/mol. The average Bonchev–Trinajstić information content (AvgIpc) is 2.25. The molecule has 0 aliphatic rings. The van der Waals surface area contributed by atoms with Crippen LogP contribution in [0.4, 0.5) is 0 Å². The third-order valence-corrected chi connectivity index (χ3v) is 3.19. The second-order valence-corrected chi connectivity index (χ2v) is 5.10. The van der Waals surface area contributed by atoms with Crippen LogP contribution in [0.15, 0.2) is 28.7 Å². The van der Waals surface area contributed by atoms with Crippen LogP contribution in [0.2, 0.25) is 0 Å². The molecule has 0 saturated heterocycles. The molecule has 0 fully saturated rings. The molecule has 0 spiro atoms. The van der Waals surface area contributed by atoms with Gasteiger partial charge in [-0.05, 0) is 29.5 Å². The highest BCUT2D eigenvalue weighted by Gasteiger charge is 2.20. The van der Waals surface area contributed by atoms with E-state index in [1.165, 1.54) is 12.7 Å². The average molecular weight is 285 g/mol. The lowest BCUT2D eigenvalue weighted by Crippen LogP contribution is -2.13. The first kappa shape index (κ1) is 13.2. The van der Waals surface area contributed by atoms with E-state index in [0.717, 1.165) is 4.47 Å². The summed E-state index contributed by atoms with van der Waals surface area (Å²) in [6, 6.07) is 8.09. The number of ether oxygens (including phenoxy) is 1. The Morgan fingerprint density at radius 3 is 2.62 bits per heavy atom. The van der Waals surface area contributed by atoms with Gasteiger partial charge in [0.05, 0.1) is 13.5 Å². The van der Waals surface area contributed by atoms with Gasteiger partial charge in [0, 0.05) is 4.47 Å². The molecule has 16 heavy (non-hydrogen) atoms. The molecule has 0 radical (unpaired) electrons. The van der Waals surface area contributed by atoms with Gasteiger partial charge in [0.25, 0.3) is 0 Å². The molecular formula is C13H17BrO2. The van der Waals surface area contributed by atoms with Gasteiger partial charge in [0.2, 0.25) is 0 Å². The van der Waals surface area contributed by atoms with Crippen LogP contribution >= 0.6 is 15.9 Å². The standard InChI is InChI=1S/C13H17BrO2/c1-9(2)12(8-13(15)16-3)10-5-4-6-11(14)7-10/h4-7,9,12H,8H2,1-3H3. The first-order chi connectivity index (χ1) is 7.54. The second-order valence-electron chi connectivity index (χ2n) is 4.19. The van der Waals surface area contributed by atoms with Crippen LogP contribution < -0.4 is 0 Å². The highest BCUT2D eigenvalue weighted by Crippen LogP contribution is 2.29. The van der Waals surface area contributed by atoms with Gasteiger partial charge in [-0.2, -0.15) is 0 Å². The lowest BCUT2D eigenvalue weighted by atomic mass is 9.86. The zero-order chi connectivity index (χ0) is 12.1. The maximum Gasteiger partial charge on any atom is 0.306 e. The van der Waals surface area contributed by atoms with Crippen molar-refractivity contribution in [2.75, 3.05) is 7.11 Å². The summed E-state index contributed by atoms with van der Waals surface area (Å²) >= 11 is 3.45. The molecule has 0 amide bonds. The van der Waals surface area contributed by atoms with Crippen LogP contribution in [0.5, 0.6) is 0 Å². The van der Waals surface area contributed by atoms with Crippen LogP contribution in [0.25, 0.3) is 0 Å². The van der Waals surface area contributed by atoms with Gasteiger partial charge < -0.3 is 4.74 Å². The van der Waals surface area contributed by atoms with Crippen molar-refractivity contribution in [1.29, 1.82) is 0 Å². The molecule has 0 bridgehead atoms. The lowest BCUT2D eigenvalue weighted by molar-refractivity contribution is -0.141. The van der Waals surface area contributed by atoms with Crippen molar-refractivity contribution in [3.05, 3.63) is 34.3 Å². The van der Waals surface area contributed by atoms with Gasteiger partial charge in [-0.1, -0.05) is 41.9 Å². The van der Waals surface area contributed by atoms with E-state index < -0.39 is 0 Å². The third kappa shape index (κ3) is 3.63. The number of benzene rings is 1. The SMILES string of the molecule is COC(=O)CC(c1cccc(Br)c1)C(C)C. The summed E-state index contributed by atoms with van der Waals surface area (Å²) in [5.74, 6) is 0.469. The van der Waals surface area contributed by atoms with Crippen LogP contribution in [-0.4, -0.2) is 13.1 Å². The van der Waals surface area contributed by atoms with Gasteiger partial charge in [-0.25, -0.2) is 0 Å². The summed E-state index contributed by atoms with van der Waals surface area (Å²) in [4.78, 5) is 11.4. The highest BCUT2D eigenvalue weighted by atomic mass is 79.9. The zero-order valence-corrected chi connectivity index (χ0v) is 11.5. The fourth-order valence-corrected chi connectivity index (χ4v) is 2.16. The van der Waals surface area contributed by atoms with Crippen LogP contribution in [0.1, 0.15) is 31.7 Å². The number of hydrogen-bond acceptors (Lipinski definition) is 2. The molecule has 1 aromatic rings. The maximum absolute atomic E-state index is 11.4. The predicted molar refractivity (Wildman–Crippen MR) is 68.4 cm³/mol. The Morgan fingerprint density at radius 2 is 2.12 bits per heavy atom. The fraction of sp³-hybridized carbons (Fsp3) is 0.462. The van der Waals surface area contributed by atoms with Crippen molar-refractivity contribution in [3.63, 3.8) is 0 Å². The van der Waals surface area contributed by atoms with E-state index in [9.17, 15) is 4.79 Å². The Kier molecular flexibility index (Phi) is 5.00. The minimum atomic E-state index is -0.154. The van der Waals surface area contributed by atoms with Crippen LogP contribution in [0, 0.1) is 5.92 Å². The van der Waals surface area contributed by atoms with E-state index in [1.54, 1.807) is 0 Å². The van der Waals surface area contributed by atoms with Gasteiger partial charge >= 0.3 is 5.97 Å². The normalized spacial score (nSPS) is 12.6. The van der Waals surface area contributed by atoms with Gasteiger partial charge in [-0.15, -0.1) is 0 Å². The lowest BCUT2D eigenvalue weighted by Gasteiger charge is -2.20. The molecule has 1 rings (SSSR count). The van der Waals surface area contributed by atoms with E-state index in [2.05, 4.69) is 41.9 Å². The molecule has 2 nitrogen and oxygen atoms in total. The van der Waals surface area contributed by atoms with Crippen LogP contribution in [0.3, 0.4) is 0 Å². The van der Waals surface area contributed by atoms with Gasteiger partial charge in [-0.3, -0.25) is 4.79 Å². The van der Waals surface area contributed by atoms with E-state index in [0.29, 0.717) is 12.3 Å². The number of hydrogen-bond donors (Lipinski definition) is 0. The maximum atomic E-state index is 11.4. The molecule has 1 unspecified atom stereocenters. The summed E-state index contributed by atoms with van der Waals surface area (Å²) in [7, 11) is 1.43. The van der Waals surface area contributed by atoms with Crippen LogP contribution in [-0.2, 0) is 9.53 Å². The molecule has 1 atom stereocenters. The fourth-order valence-electron chi connectivity index (χ4n) is 1.74. The molecule has 0 heterocycles. The van der Waals surface area contributed by atoms with Crippen molar-refractivity contribution < 1.29 is 9.53 Å². The van der Waals surface area contributed by atoms with Gasteiger partial charge in [0.1, 0.15) is 0 Å². The van der Waals surface area contributed by atoms with Crippen molar-refractivity contribution in [2.24, 2.45) is 5.92 Å². The van der Waals surface area contributed by atoms with Crippen molar-refractivity contribution in [1.82, 2.24) is 0 Å². The Morgan fingerprint density at radius 1 is 1.44 bits per heavy atom. The molecule has 0 aliphatic carbocycles. The topological polar surface area (TPSA) is 26.3 Å². The highest BCUT2D eigenvalue weighted by molar-refractivity contribution is 9.10. The molecule has 0 saturated carbocycles. The first-order valence-corrected chi connectivity index (χ1v) is 6.16. The quantitative estimate of drug-likeness (QED) is 0.787. The summed E-state index contributed by atoms with van der Waals surface area (Å²) in [5.41, 5.74) is 1.18. The van der Waals surface area contributed by atoms with E-state index >= 15 is 0 Å². The summed E-state index contributed by atoms with van der Waals surface area (Å²) in [6.45, 7) is 4.24. The summed E-state index contributed by atoms with van der Waals surface area (Å²) in [5, 5.41) is 0. The molecule has 0 aliphatic heterocycles. The largest absolute Gasteiger partial charge is 0.469 e. The summed E-state index contributed by atoms with van der Waals surface area (Å²) in [6.07, 6.45) is 0.435. The number of rotatable bonds is 4. The zero-order valence-electron chi connectivity index (χ0n) is 9.87. The number of methoxy groups -OCH3 is 1. The Balaban J connectivity index is 2.89.